The average molecular weight is 434 g/mol. The molecule has 9 nitrogen and oxygen atoms in total. The highest BCUT2D eigenvalue weighted by Crippen LogP contribution is 2.39. The number of benzene rings is 2. The number of non-ortho nitro benzene ring substituents is 1. The molecule has 1 fully saturated rings. The molecule has 0 spiro atoms. The molecule has 0 aromatic heterocycles. The van der Waals surface area contributed by atoms with E-state index in [9.17, 15) is 29.3 Å². The van der Waals surface area contributed by atoms with Crippen molar-refractivity contribution in [2.45, 2.75) is 12.8 Å². The molecule has 32 heavy (non-hydrogen) atoms. The van der Waals surface area contributed by atoms with Crippen LogP contribution in [0.4, 0.5) is 11.4 Å². The molecule has 162 valence electrons. The normalized spacial score (nSPS) is 19.6. The van der Waals surface area contributed by atoms with Crippen molar-refractivity contribution in [1.82, 2.24) is 0 Å². The summed E-state index contributed by atoms with van der Waals surface area (Å²) >= 11 is 0. The third kappa shape index (κ3) is 3.80. The summed E-state index contributed by atoms with van der Waals surface area (Å²) in [5.74, 6) is -3.58. The number of nitrogens with zero attached hydrogens (tertiary/aromatic N) is 2. The van der Waals surface area contributed by atoms with Gasteiger partial charge in [-0.2, -0.15) is 0 Å². The van der Waals surface area contributed by atoms with Crippen LogP contribution in [0.1, 0.15) is 33.6 Å². The SMILES string of the molecule is O=C(COC(=O)c1ccc([N+](=O)[O-])cc1N1C(=O)[C@H]2CC=CC[C@H]2C1=O)c1ccccc1. The Morgan fingerprint density at radius 3 is 2.22 bits per heavy atom. The predicted molar refractivity (Wildman–Crippen MR) is 112 cm³/mol. The Hall–Kier alpha value is -4.14. The number of ketones is 1. The summed E-state index contributed by atoms with van der Waals surface area (Å²) in [6, 6.07) is 11.4. The lowest BCUT2D eigenvalue weighted by Crippen LogP contribution is -2.32. The number of anilines is 1. The minimum Gasteiger partial charge on any atom is -0.454 e. The fraction of sp³-hybridized carbons (Fsp3) is 0.217. The molecule has 1 aliphatic heterocycles. The van der Waals surface area contributed by atoms with Crippen LogP contribution < -0.4 is 4.90 Å². The van der Waals surface area contributed by atoms with Crippen molar-refractivity contribution in [3.8, 4) is 0 Å². The van der Waals surface area contributed by atoms with Crippen molar-refractivity contribution < 1.29 is 28.8 Å². The molecule has 0 unspecified atom stereocenters. The molecule has 1 saturated heterocycles. The van der Waals surface area contributed by atoms with E-state index >= 15 is 0 Å². The summed E-state index contributed by atoms with van der Waals surface area (Å²) in [6.45, 7) is -0.559. The van der Waals surface area contributed by atoms with E-state index in [1.165, 1.54) is 0 Å². The number of imide groups is 1. The third-order valence-corrected chi connectivity index (χ3v) is 5.59. The van der Waals surface area contributed by atoms with Gasteiger partial charge in [-0.05, 0) is 18.9 Å². The highest BCUT2D eigenvalue weighted by molar-refractivity contribution is 6.24. The molecule has 0 bridgehead atoms. The van der Waals surface area contributed by atoms with Crippen molar-refractivity contribution in [2.75, 3.05) is 11.5 Å². The molecule has 2 amide bonds. The standard InChI is InChI=1S/C23H18N2O7/c26-20(14-6-2-1-3-7-14)13-32-23(29)18-11-10-15(25(30)31)12-19(18)24-21(27)16-8-4-5-9-17(16)22(24)28/h1-7,10-12,16-17H,8-9,13H2/t16-,17+. The molecule has 9 heteroatoms. The first kappa shape index (κ1) is 21.1. The first-order chi connectivity index (χ1) is 15.4. The van der Waals surface area contributed by atoms with Gasteiger partial charge in [-0.15, -0.1) is 0 Å². The Labute approximate surface area is 182 Å². The number of Topliss-reactive ketones (excluding diaryl/α,β-unsaturated/α-hetero) is 1. The van der Waals surface area contributed by atoms with Crippen molar-refractivity contribution in [3.05, 3.63) is 81.9 Å². The number of amides is 2. The van der Waals surface area contributed by atoms with Gasteiger partial charge in [0, 0.05) is 17.7 Å². The van der Waals surface area contributed by atoms with Gasteiger partial charge in [0.15, 0.2) is 12.4 Å². The quantitative estimate of drug-likeness (QED) is 0.171. The second-order valence-electron chi connectivity index (χ2n) is 7.49. The molecular formula is C23H18N2O7. The van der Waals surface area contributed by atoms with Gasteiger partial charge in [0.1, 0.15) is 0 Å². The minimum absolute atomic E-state index is 0.204. The maximum atomic E-state index is 13.0. The maximum absolute atomic E-state index is 13.0. The number of hydrogen-bond acceptors (Lipinski definition) is 7. The molecular weight excluding hydrogens is 416 g/mol. The molecule has 1 aliphatic carbocycles. The monoisotopic (exact) mass is 434 g/mol. The van der Waals surface area contributed by atoms with Gasteiger partial charge >= 0.3 is 5.97 Å². The molecule has 2 atom stereocenters. The number of rotatable bonds is 6. The largest absolute Gasteiger partial charge is 0.454 e. The molecule has 1 heterocycles. The van der Waals surface area contributed by atoms with Crippen molar-refractivity contribution in [2.24, 2.45) is 11.8 Å². The number of carbonyl (C=O) groups excluding carboxylic acids is 4. The fourth-order valence-electron chi connectivity index (χ4n) is 3.95. The molecule has 0 radical (unpaired) electrons. The highest BCUT2D eigenvalue weighted by atomic mass is 16.6. The zero-order valence-electron chi connectivity index (χ0n) is 16.8. The number of nitro benzene ring substituents is 1. The number of fused-ring (bicyclic) bond motifs is 1. The third-order valence-electron chi connectivity index (χ3n) is 5.59. The van der Waals surface area contributed by atoms with E-state index in [0.29, 0.717) is 18.4 Å². The predicted octanol–water partition coefficient (Wildman–Crippen LogP) is 3.09. The van der Waals surface area contributed by atoms with Crippen molar-refractivity contribution in [1.29, 1.82) is 0 Å². The summed E-state index contributed by atoms with van der Waals surface area (Å²) in [5.41, 5.74) is -0.443. The molecule has 2 aromatic carbocycles. The number of hydrogen-bond donors (Lipinski definition) is 0. The summed E-state index contributed by atoms with van der Waals surface area (Å²) < 4.78 is 5.11. The van der Waals surface area contributed by atoms with Crippen molar-refractivity contribution in [3.63, 3.8) is 0 Å². The summed E-state index contributed by atoms with van der Waals surface area (Å²) in [7, 11) is 0. The highest BCUT2D eigenvalue weighted by Gasteiger charge is 2.49. The van der Waals surface area contributed by atoms with Gasteiger partial charge < -0.3 is 4.74 Å². The summed E-state index contributed by atoms with van der Waals surface area (Å²) in [5, 5.41) is 11.3. The fourth-order valence-corrected chi connectivity index (χ4v) is 3.95. The first-order valence-electron chi connectivity index (χ1n) is 9.95. The zero-order valence-corrected chi connectivity index (χ0v) is 16.8. The van der Waals surface area contributed by atoms with Crippen LogP contribution in [0.15, 0.2) is 60.7 Å². The number of carbonyl (C=O) groups is 4. The van der Waals surface area contributed by atoms with Crippen LogP contribution in [0.25, 0.3) is 0 Å². The van der Waals surface area contributed by atoms with E-state index in [4.69, 9.17) is 4.74 Å². The van der Waals surface area contributed by atoms with Gasteiger partial charge in [0.2, 0.25) is 11.8 Å². The number of esters is 1. The van der Waals surface area contributed by atoms with E-state index in [-0.39, 0.29) is 16.9 Å². The Balaban J connectivity index is 1.63. The van der Waals surface area contributed by atoms with E-state index in [1.807, 2.05) is 12.2 Å². The van der Waals surface area contributed by atoms with Gasteiger partial charge in [0.25, 0.3) is 5.69 Å². The van der Waals surface area contributed by atoms with Gasteiger partial charge in [-0.3, -0.25) is 24.5 Å². The van der Waals surface area contributed by atoms with Crippen LogP contribution in [0, 0.1) is 22.0 Å². The number of allylic oxidation sites excluding steroid dienone is 2. The van der Waals surface area contributed by atoms with Gasteiger partial charge in [-0.1, -0.05) is 42.5 Å². The Bertz CT molecular complexity index is 1130. The Kier molecular flexibility index (Phi) is 5.63. The average Bonchev–Trinajstić information content (AvgIpc) is 3.07. The summed E-state index contributed by atoms with van der Waals surface area (Å²) in [4.78, 5) is 62.4. The molecule has 2 aromatic rings. The molecule has 0 saturated carbocycles. The lowest BCUT2D eigenvalue weighted by molar-refractivity contribution is -0.384. The Morgan fingerprint density at radius 1 is 1.00 bits per heavy atom. The minimum atomic E-state index is -0.965. The van der Waals surface area contributed by atoms with Crippen LogP contribution in [-0.2, 0) is 14.3 Å². The van der Waals surface area contributed by atoms with Crippen LogP contribution >= 0.6 is 0 Å². The maximum Gasteiger partial charge on any atom is 0.340 e. The lowest BCUT2D eigenvalue weighted by Gasteiger charge is -2.18. The first-order valence-corrected chi connectivity index (χ1v) is 9.95. The smallest absolute Gasteiger partial charge is 0.340 e. The second-order valence-corrected chi connectivity index (χ2v) is 7.49. The summed E-state index contributed by atoms with van der Waals surface area (Å²) in [6.07, 6.45) is 4.39. The lowest BCUT2D eigenvalue weighted by atomic mass is 9.85. The van der Waals surface area contributed by atoms with Crippen LogP contribution in [0.5, 0.6) is 0 Å². The second kappa shape index (κ2) is 8.54. The van der Waals surface area contributed by atoms with Crippen molar-refractivity contribution >= 4 is 34.9 Å². The van der Waals surface area contributed by atoms with E-state index in [1.54, 1.807) is 30.3 Å². The van der Waals surface area contributed by atoms with Crippen LogP contribution in [0.3, 0.4) is 0 Å². The van der Waals surface area contributed by atoms with Crippen LogP contribution in [-0.4, -0.2) is 35.1 Å². The Morgan fingerprint density at radius 2 is 1.62 bits per heavy atom. The van der Waals surface area contributed by atoms with Crippen LogP contribution in [0.2, 0.25) is 0 Å². The zero-order chi connectivity index (χ0) is 22.8. The molecule has 0 N–H and O–H groups in total. The van der Waals surface area contributed by atoms with E-state index < -0.39 is 46.9 Å². The van der Waals surface area contributed by atoms with Gasteiger partial charge in [-0.25, -0.2) is 9.69 Å². The number of nitro groups is 1. The molecule has 2 aliphatic rings. The van der Waals surface area contributed by atoms with E-state index in [0.717, 1.165) is 23.1 Å². The number of ether oxygens (including phenoxy) is 1. The van der Waals surface area contributed by atoms with Gasteiger partial charge in [0.05, 0.1) is 28.0 Å². The topological polar surface area (TPSA) is 124 Å². The molecule has 4 rings (SSSR count). The van der Waals surface area contributed by atoms with E-state index in [2.05, 4.69) is 0 Å².